The van der Waals surface area contributed by atoms with Gasteiger partial charge in [-0.25, -0.2) is 8.42 Å². The van der Waals surface area contributed by atoms with Crippen LogP contribution in [0.15, 0.2) is 0 Å². The first-order valence-electron chi connectivity index (χ1n) is 7.99. The summed E-state index contributed by atoms with van der Waals surface area (Å²) in [6, 6.07) is 0.250. The summed E-state index contributed by atoms with van der Waals surface area (Å²) in [6.45, 7) is 9.92. The molecule has 1 aliphatic rings. The minimum Gasteiger partial charge on any atom is -0.312 e. The Morgan fingerprint density at radius 1 is 1.25 bits per heavy atom. The Labute approximate surface area is 125 Å². The summed E-state index contributed by atoms with van der Waals surface area (Å²) in [5.74, 6) is 0.276. The van der Waals surface area contributed by atoms with Gasteiger partial charge >= 0.3 is 0 Å². The first-order valence-corrected chi connectivity index (χ1v) is 10.1. The Hall–Kier alpha value is -0.130. The first kappa shape index (κ1) is 17.9. The predicted molar refractivity (Wildman–Crippen MR) is 85.9 cm³/mol. The lowest BCUT2D eigenvalue weighted by Gasteiger charge is -2.45. The molecule has 5 heteroatoms. The average Bonchev–Trinajstić information content (AvgIpc) is 2.91. The molecule has 120 valence electrons. The summed E-state index contributed by atoms with van der Waals surface area (Å²) in [6.07, 6.45) is 6.71. The van der Waals surface area contributed by atoms with Crippen LogP contribution in [-0.4, -0.2) is 56.5 Å². The molecule has 0 aromatic carbocycles. The van der Waals surface area contributed by atoms with Gasteiger partial charge in [0.05, 0.1) is 5.75 Å². The van der Waals surface area contributed by atoms with Crippen LogP contribution in [-0.2, 0) is 9.84 Å². The van der Waals surface area contributed by atoms with Crippen LogP contribution in [0.25, 0.3) is 0 Å². The summed E-state index contributed by atoms with van der Waals surface area (Å²) in [5.41, 5.74) is 0.0658. The number of rotatable bonds is 9. The lowest BCUT2D eigenvalue weighted by molar-refractivity contribution is 0.0827. The summed E-state index contributed by atoms with van der Waals surface area (Å²) in [5, 5.41) is 3.60. The van der Waals surface area contributed by atoms with Crippen molar-refractivity contribution in [2.75, 3.05) is 31.6 Å². The molecular weight excluding hydrogens is 272 g/mol. The van der Waals surface area contributed by atoms with E-state index in [1.54, 1.807) is 0 Å². The molecule has 0 bridgehead atoms. The van der Waals surface area contributed by atoms with E-state index in [1.165, 1.54) is 19.1 Å². The summed E-state index contributed by atoms with van der Waals surface area (Å²) < 4.78 is 23.0. The molecule has 20 heavy (non-hydrogen) atoms. The molecular formula is C15H32N2O2S. The normalized spacial score (nSPS) is 21.8. The molecule has 4 nitrogen and oxygen atoms in total. The zero-order valence-corrected chi connectivity index (χ0v) is 14.4. The summed E-state index contributed by atoms with van der Waals surface area (Å²) in [4.78, 5) is 2.56. The van der Waals surface area contributed by atoms with Crippen LogP contribution in [0.3, 0.4) is 0 Å². The van der Waals surface area contributed by atoms with Gasteiger partial charge < -0.3 is 5.32 Å². The van der Waals surface area contributed by atoms with Crippen LogP contribution in [0.4, 0.5) is 0 Å². The molecule has 1 N–H and O–H groups in total. The van der Waals surface area contributed by atoms with Crippen molar-refractivity contribution in [1.29, 1.82) is 0 Å². The third kappa shape index (κ3) is 5.01. The maximum Gasteiger partial charge on any atom is 0.147 e. The van der Waals surface area contributed by atoms with Crippen LogP contribution in [0.1, 0.15) is 52.9 Å². The number of hydrogen-bond acceptors (Lipinski definition) is 4. The zero-order valence-electron chi connectivity index (χ0n) is 13.6. The van der Waals surface area contributed by atoms with Crippen LogP contribution in [0.5, 0.6) is 0 Å². The van der Waals surface area contributed by atoms with Crippen molar-refractivity contribution in [2.24, 2.45) is 0 Å². The Morgan fingerprint density at radius 2 is 1.85 bits per heavy atom. The second-order valence-electron chi connectivity index (χ2n) is 6.33. The largest absolute Gasteiger partial charge is 0.312 e. The summed E-state index contributed by atoms with van der Waals surface area (Å²) >= 11 is 0. The van der Waals surface area contributed by atoms with E-state index in [2.05, 4.69) is 31.0 Å². The van der Waals surface area contributed by atoms with Gasteiger partial charge in [0, 0.05) is 17.8 Å². The van der Waals surface area contributed by atoms with Crippen LogP contribution < -0.4 is 5.32 Å². The van der Waals surface area contributed by atoms with Gasteiger partial charge in [-0.2, -0.15) is 0 Å². The lowest BCUT2D eigenvalue weighted by atomic mass is 9.85. The maximum absolute atomic E-state index is 11.5. The van der Waals surface area contributed by atoms with Gasteiger partial charge in [0.2, 0.25) is 0 Å². The minimum absolute atomic E-state index is 0.0658. The average molecular weight is 305 g/mol. The van der Waals surface area contributed by atoms with Crippen molar-refractivity contribution in [1.82, 2.24) is 10.2 Å². The number of sulfone groups is 1. The molecule has 0 aromatic rings. The van der Waals surface area contributed by atoms with Gasteiger partial charge in [0.15, 0.2) is 0 Å². The molecule has 0 amide bonds. The molecule has 1 rings (SSSR count). The summed E-state index contributed by atoms with van der Waals surface area (Å²) in [7, 11) is -2.89. The smallest absolute Gasteiger partial charge is 0.147 e. The van der Waals surface area contributed by atoms with Crippen molar-refractivity contribution in [3.63, 3.8) is 0 Å². The van der Waals surface area contributed by atoms with E-state index >= 15 is 0 Å². The van der Waals surface area contributed by atoms with Gasteiger partial charge in [0.1, 0.15) is 9.84 Å². The molecule has 0 saturated carbocycles. The highest BCUT2D eigenvalue weighted by Gasteiger charge is 2.39. The van der Waals surface area contributed by atoms with E-state index in [-0.39, 0.29) is 17.3 Å². The molecule has 1 saturated heterocycles. The second kappa shape index (κ2) is 7.76. The number of hydrogen-bond donors (Lipinski definition) is 1. The van der Waals surface area contributed by atoms with E-state index in [4.69, 9.17) is 0 Å². The Balaban J connectivity index is 2.81. The van der Waals surface area contributed by atoms with Crippen molar-refractivity contribution >= 4 is 9.84 Å². The number of likely N-dealkylation sites (tertiary alicyclic amines) is 1. The van der Waals surface area contributed by atoms with Crippen molar-refractivity contribution in [2.45, 2.75) is 64.5 Å². The quantitative estimate of drug-likeness (QED) is 0.708. The number of nitrogens with one attached hydrogen (secondary N) is 1. The number of nitrogens with zero attached hydrogens (tertiary/aromatic N) is 1. The topological polar surface area (TPSA) is 49.4 Å². The fraction of sp³-hybridized carbons (Fsp3) is 1.00. The maximum atomic E-state index is 11.5. The van der Waals surface area contributed by atoms with Crippen molar-refractivity contribution < 1.29 is 8.42 Å². The molecule has 2 atom stereocenters. The second-order valence-corrected chi connectivity index (χ2v) is 8.59. The fourth-order valence-electron chi connectivity index (χ4n) is 3.20. The third-order valence-corrected chi connectivity index (χ3v) is 5.69. The van der Waals surface area contributed by atoms with Gasteiger partial charge in [-0.05, 0) is 58.7 Å². The van der Waals surface area contributed by atoms with Crippen LogP contribution >= 0.6 is 0 Å². The Kier molecular flexibility index (Phi) is 6.95. The monoisotopic (exact) mass is 304 g/mol. The Bertz CT molecular complexity index is 377. The van der Waals surface area contributed by atoms with E-state index in [0.29, 0.717) is 6.42 Å². The van der Waals surface area contributed by atoms with Gasteiger partial charge in [-0.1, -0.05) is 13.8 Å². The SMILES string of the molecule is CCCNC(CCS(C)(=O)=O)C(C)(CC)N1CCCC1. The molecule has 0 spiro atoms. The van der Waals surface area contributed by atoms with Crippen LogP contribution in [0, 0.1) is 0 Å². The molecule has 0 aliphatic carbocycles. The van der Waals surface area contributed by atoms with E-state index < -0.39 is 9.84 Å². The molecule has 1 aliphatic heterocycles. The zero-order chi connectivity index (χ0) is 15.2. The van der Waals surface area contributed by atoms with E-state index in [0.717, 1.165) is 32.5 Å². The van der Waals surface area contributed by atoms with Gasteiger partial charge in [-0.3, -0.25) is 4.90 Å². The highest BCUT2D eigenvalue weighted by Crippen LogP contribution is 2.29. The van der Waals surface area contributed by atoms with Gasteiger partial charge in [0.25, 0.3) is 0 Å². The highest BCUT2D eigenvalue weighted by molar-refractivity contribution is 7.90. The first-order chi connectivity index (χ1) is 9.33. The molecule has 2 unspecified atom stereocenters. The highest BCUT2D eigenvalue weighted by atomic mass is 32.2. The lowest BCUT2D eigenvalue weighted by Crippen LogP contribution is -2.59. The Morgan fingerprint density at radius 3 is 2.30 bits per heavy atom. The van der Waals surface area contributed by atoms with E-state index in [9.17, 15) is 8.42 Å². The van der Waals surface area contributed by atoms with Crippen molar-refractivity contribution in [3.05, 3.63) is 0 Å². The van der Waals surface area contributed by atoms with Crippen molar-refractivity contribution in [3.8, 4) is 0 Å². The predicted octanol–water partition coefficient (Wildman–Crippen LogP) is 2.05. The third-order valence-electron chi connectivity index (χ3n) is 4.71. The van der Waals surface area contributed by atoms with Crippen LogP contribution in [0.2, 0.25) is 0 Å². The van der Waals surface area contributed by atoms with E-state index in [1.807, 2.05) is 0 Å². The molecule has 0 radical (unpaired) electrons. The molecule has 1 heterocycles. The molecule has 1 fully saturated rings. The standard InChI is InChI=1S/C15H32N2O2S/c1-5-10-16-14(9-13-20(4,18)19)15(3,6-2)17-11-7-8-12-17/h14,16H,5-13H2,1-4H3. The minimum atomic E-state index is -2.89. The molecule has 0 aromatic heterocycles. The van der Waals surface area contributed by atoms with Gasteiger partial charge in [-0.15, -0.1) is 0 Å². The fourth-order valence-corrected chi connectivity index (χ4v) is 3.87.